The molecule has 0 bridgehead atoms. The van der Waals surface area contributed by atoms with Gasteiger partial charge < -0.3 is 20.5 Å². The molecule has 3 aromatic carbocycles. The molecule has 1 aliphatic rings. The number of nitrogen functional groups attached to an aromatic ring is 1. The van der Waals surface area contributed by atoms with Gasteiger partial charge in [0.2, 0.25) is 5.95 Å². The Kier molecular flexibility index (Phi) is 8.05. The topological polar surface area (TPSA) is 102 Å². The van der Waals surface area contributed by atoms with E-state index >= 15 is 0 Å². The van der Waals surface area contributed by atoms with Crippen molar-refractivity contribution in [2.75, 3.05) is 18.9 Å². The second-order valence-corrected chi connectivity index (χ2v) is 8.29. The summed E-state index contributed by atoms with van der Waals surface area (Å²) in [4.78, 5) is 23.7. The zero-order valence-electron chi connectivity index (χ0n) is 20.7. The van der Waals surface area contributed by atoms with Crippen LogP contribution in [0.25, 0.3) is 22.0 Å². The van der Waals surface area contributed by atoms with E-state index in [9.17, 15) is 13.6 Å². The van der Waals surface area contributed by atoms with Gasteiger partial charge in [0.25, 0.3) is 5.91 Å². The SMILES string of the molecule is CC.Nc1nc(C(=O)N2Cc3ccccc3C2)c2cc(-c3cc(F)c(F)cc3COCCO)ccc2n1. The molecule has 0 atom stereocenters. The number of anilines is 1. The average Bonchev–Trinajstić information content (AvgIpc) is 3.35. The summed E-state index contributed by atoms with van der Waals surface area (Å²) in [5, 5.41) is 9.43. The molecule has 0 aliphatic carbocycles. The molecule has 9 heteroatoms. The second kappa shape index (κ2) is 11.4. The van der Waals surface area contributed by atoms with Crippen LogP contribution in [-0.2, 0) is 24.4 Å². The van der Waals surface area contributed by atoms with Crippen molar-refractivity contribution in [3.05, 3.63) is 88.6 Å². The predicted molar refractivity (Wildman–Crippen MR) is 137 cm³/mol. The van der Waals surface area contributed by atoms with Gasteiger partial charge in [-0.2, -0.15) is 0 Å². The van der Waals surface area contributed by atoms with Gasteiger partial charge >= 0.3 is 0 Å². The first-order chi connectivity index (χ1) is 17.9. The molecule has 1 aromatic heterocycles. The van der Waals surface area contributed by atoms with Gasteiger partial charge in [-0.05, 0) is 52.1 Å². The summed E-state index contributed by atoms with van der Waals surface area (Å²) < 4.78 is 33.5. The third-order valence-electron chi connectivity index (χ3n) is 5.99. The van der Waals surface area contributed by atoms with Crippen molar-refractivity contribution in [1.29, 1.82) is 0 Å². The lowest BCUT2D eigenvalue weighted by molar-refractivity contribution is 0.0747. The monoisotopic (exact) mass is 506 g/mol. The molecule has 2 heterocycles. The highest BCUT2D eigenvalue weighted by Gasteiger charge is 2.27. The van der Waals surface area contributed by atoms with Gasteiger partial charge in [0.05, 0.1) is 25.3 Å². The van der Waals surface area contributed by atoms with Gasteiger partial charge in [-0.1, -0.05) is 44.2 Å². The number of hydrogen-bond donors (Lipinski definition) is 2. The Hall–Kier alpha value is -3.95. The Morgan fingerprint density at radius 1 is 1.03 bits per heavy atom. The number of aromatic nitrogens is 2. The van der Waals surface area contributed by atoms with Crippen LogP contribution in [0.3, 0.4) is 0 Å². The lowest BCUT2D eigenvalue weighted by Gasteiger charge is -2.17. The van der Waals surface area contributed by atoms with Gasteiger partial charge in [0.15, 0.2) is 11.6 Å². The lowest BCUT2D eigenvalue weighted by Crippen LogP contribution is -2.27. The highest BCUT2D eigenvalue weighted by molar-refractivity contribution is 6.06. The molecule has 192 valence electrons. The first-order valence-electron chi connectivity index (χ1n) is 12.0. The largest absolute Gasteiger partial charge is 0.394 e. The van der Waals surface area contributed by atoms with E-state index in [1.165, 1.54) is 0 Å². The summed E-state index contributed by atoms with van der Waals surface area (Å²) in [6, 6.07) is 15.0. The van der Waals surface area contributed by atoms with Crippen LogP contribution in [-0.4, -0.2) is 39.1 Å². The molecule has 1 amide bonds. The quantitative estimate of drug-likeness (QED) is 0.363. The smallest absolute Gasteiger partial charge is 0.273 e. The number of halogens is 2. The second-order valence-electron chi connectivity index (χ2n) is 8.29. The summed E-state index contributed by atoms with van der Waals surface area (Å²) in [5.41, 5.74) is 9.97. The number of benzene rings is 3. The summed E-state index contributed by atoms with van der Waals surface area (Å²) in [5.74, 6) is -2.34. The number of ether oxygens (including phenoxy) is 1. The highest BCUT2D eigenvalue weighted by atomic mass is 19.2. The molecule has 1 aliphatic heterocycles. The van der Waals surface area contributed by atoms with Gasteiger partial charge in [0.1, 0.15) is 5.69 Å². The first kappa shape index (κ1) is 26.1. The Labute approximate surface area is 213 Å². The van der Waals surface area contributed by atoms with E-state index in [0.717, 1.165) is 23.3 Å². The molecule has 37 heavy (non-hydrogen) atoms. The van der Waals surface area contributed by atoms with E-state index in [1.54, 1.807) is 23.1 Å². The Morgan fingerprint density at radius 3 is 2.38 bits per heavy atom. The molecule has 0 saturated heterocycles. The minimum absolute atomic E-state index is 0.0266. The van der Waals surface area contributed by atoms with Crippen LogP contribution in [0.4, 0.5) is 14.7 Å². The normalized spacial score (nSPS) is 12.3. The Bertz CT molecular complexity index is 1420. The molecule has 0 saturated carbocycles. The van der Waals surface area contributed by atoms with Crippen molar-refractivity contribution in [2.45, 2.75) is 33.5 Å². The van der Waals surface area contributed by atoms with E-state index in [2.05, 4.69) is 9.97 Å². The van der Waals surface area contributed by atoms with Crippen molar-refractivity contribution < 1.29 is 23.4 Å². The van der Waals surface area contributed by atoms with Crippen molar-refractivity contribution in [3.63, 3.8) is 0 Å². The number of nitrogens with zero attached hydrogens (tertiary/aromatic N) is 3. The third-order valence-corrected chi connectivity index (χ3v) is 5.99. The van der Waals surface area contributed by atoms with Crippen LogP contribution in [0.15, 0.2) is 54.6 Å². The molecule has 5 rings (SSSR count). The van der Waals surface area contributed by atoms with E-state index in [-0.39, 0.29) is 37.4 Å². The fourth-order valence-electron chi connectivity index (χ4n) is 4.33. The van der Waals surface area contributed by atoms with Crippen molar-refractivity contribution >= 4 is 22.8 Å². The molecule has 0 unspecified atom stereocenters. The number of hydrogen-bond acceptors (Lipinski definition) is 6. The van der Waals surface area contributed by atoms with E-state index in [0.29, 0.717) is 40.7 Å². The van der Waals surface area contributed by atoms with E-state index in [4.69, 9.17) is 15.6 Å². The fraction of sp³-hybridized carbons (Fsp3) is 0.250. The zero-order valence-corrected chi connectivity index (χ0v) is 20.7. The van der Waals surface area contributed by atoms with Crippen molar-refractivity contribution in [3.8, 4) is 11.1 Å². The lowest BCUT2D eigenvalue weighted by atomic mass is 9.97. The minimum Gasteiger partial charge on any atom is -0.394 e. The molecule has 3 N–H and O–H groups in total. The van der Waals surface area contributed by atoms with Gasteiger partial charge in [-0.15, -0.1) is 0 Å². The molecular weight excluding hydrogens is 478 g/mol. The van der Waals surface area contributed by atoms with Gasteiger partial charge in [-0.3, -0.25) is 4.79 Å². The van der Waals surface area contributed by atoms with Crippen LogP contribution in [0.5, 0.6) is 0 Å². The maximum absolute atomic E-state index is 14.2. The Balaban J connectivity index is 0.00000156. The number of amides is 1. The number of carbonyl (C=O) groups excluding carboxylic acids is 1. The minimum atomic E-state index is -1.01. The zero-order chi connectivity index (χ0) is 26.5. The number of nitrogens with two attached hydrogens (primary N) is 1. The van der Waals surface area contributed by atoms with Crippen molar-refractivity contribution in [1.82, 2.24) is 14.9 Å². The maximum atomic E-state index is 14.2. The average molecular weight is 507 g/mol. The molecule has 7 nitrogen and oxygen atoms in total. The van der Waals surface area contributed by atoms with Gasteiger partial charge in [0, 0.05) is 18.5 Å². The number of aliphatic hydroxyl groups excluding tert-OH is 1. The summed E-state index contributed by atoms with van der Waals surface area (Å²) in [7, 11) is 0. The van der Waals surface area contributed by atoms with Crippen molar-refractivity contribution in [2.24, 2.45) is 0 Å². The van der Waals surface area contributed by atoms with Crippen LogP contribution in [0, 0.1) is 11.6 Å². The van der Waals surface area contributed by atoms with E-state index in [1.807, 2.05) is 38.1 Å². The predicted octanol–water partition coefficient (Wildman–Crippen LogP) is 4.85. The van der Waals surface area contributed by atoms with E-state index < -0.39 is 11.6 Å². The van der Waals surface area contributed by atoms with Crippen LogP contribution in [0.1, 0.15) is 41.0 Å². The molecule has 4 aromatic rings. The van der Waals surface area contributed by atoms with Crippen LogP contribution in [0.2, 0.25) is 0 Å². The van der Waals surface area contributed by atoms with Crippen LogP contribution < -0.4 is 5.73 Å². The summed E-state index contributed by atoms with van der Waals surface area (Å²) in [6.07, 6.45) is 0. The maximum Gasteiger partial charge on any atom is 0.273 e. The third kappa shape index (κ3) is 5.42. The Morgan fingerprint density at radius 2 is 1.70 bits per heavy atom. The first-order valence-corrected chi connectivity index (χ1v) is 12.0. The highest BCUT2D eigenvalue weighted by Crippen LogP contribution is 2.32. The molecule has 0 fully saturated rings. The molecule has 0 radical (unpaired) electrons. The number of rotatable bonds is 6. The number of aliphatic hydroxyl groups is 1. The summed E-state index contributed by atoms with van der Waals surface area (Å²) >= 11 is 0. The number of carbonyl (C=O) groups is 1. The number of fused-ring (bicyclic) bond motifs is 2. The fourth-order valence-corrected chi connectivity index (χ4v) is 4.33. The molecular formula is C28H28F2N4O3. The summed E-state index contributed by atoms with van der Waals surface area (Å²) in [6.45, 7) is 4.74. The van der Waals surface area contributed by atoms with Gasteiger partial charge in [-0.25, -0.2) is 18.7 Å². The molecule has 0 spiro atoms. The van der Waals surface area contributed by atoms with Crippen LogP contribution >= 0.6 is 0 Å². The standard InChI is InChI=1S/C26H22F2N4O3.C2H6/c27-21-10-18(14-35-8-7-33)19(11-22(21)28)15-5-6-23-20(9-15)24(31-26(29)30-23)25(34)32-12-16-3-1-2-4-17(16)13-32;1-2/h1-6,9-11,33H,7-8,12-14H2,(H2,29,30,31);1-2H3.